The lowest BCUT2D eigenvalue weighted by atomic mass is 10.1. The van der Waals surface area contributed by atoms with Crippen LogP contribution in [0.15, 0.2) is 0 Å². The molecule has 1 rings (SSSR count). The van der Waals surface area contributed by atoms with Gasteiger partial charge in [0.05, 0.1) is 6.61 Å². The molecule has 0 aliphatic carbocycles. The van der Waals surface area contributed by atoms with Crippen molar-refractivity contribution >= 4 is 17.3 Å². The van der Waals surface area contributed by atoms with Crippen LogP contribution in [0, 0.1) is 0 Å². The molecule has 0 radical (unpaired) electrons. The fourth-order valence-corrected chi connectivity index (χ4v) is 2.19. The molecule has 0 bridgehead atoms. The van der Waals surface area contributed by atoms with Crippen molar-refractivity contribution in [2.45, 2.75) is 25.9 Å². The molecule has 1 N–H and O–H groups in total. The summed E-state index contributed by atoms with van der Waals surface area (Å²) < 4.78 is 4.99. The van der Waals surface area contributed by atoms with Gasteiger partial charge in [0.1, 0.15) is 0 Å². The van der Waals surface area contributed by atoms with Gasteiger partial charge in [0.2, 0.25) is 0 Å². The third-order valence-electron chi connectivity index (χ3n) is 3.23. The molecular formula is C11H23N3OS. The number of thiocarbonyl (C=S) groups is 1. The quantitative estimate of drug-likeness (QED) is 0.578. The van der Waals surface area contributed by atoms with Crippen LogP contribution in [-0.2, 0) is 4.74 Å². The monoisotopic (exact) mass is 245 g/mol. The van der Waals surface area contributed by atoms with Crippen molar-refractivity contribution in [2.24, 2.45) is 0 Å². The number of nitrogens with one attached hydrogen (secondary N) is 1. The summed E-state index contributed by atoms with van der Waals surface area (Å²) in [6.45, 7) is 7.95. The van der Waals surface area contributed by atoms with Crippen molar-refractivity contribution in [3.05, 3.63) is 0 Å². The molecule has 5 heteroatoms. The maximum atomic E-state index is 5.37. The Kier molecular flexibility index (Phi) is 5.44. The predicted molar refractivity (Wildman–Crippen MR) is 70.7 cm³/mol. The highest BCUT2D eigenvalue weighted by Gasteiger charge is 2.27. The second kappa shape index (κ2) is 6.37. The summed E-state index contributed by atoms with van der Waals surface area (Å²) in [4.78, 5) is 4.65. The molecule has 0 aromatic heterocycles. The van der Waals surface area contributed by atoms with Gasteiger partial charge in [-0.2, -0.15) is 0 Å². The Labute approximate surface area is 104 Å². The number of nitrogens with zero attached hydrogens (tertiary/aromatic N) is 2. The Morgan fingerprint density at radius 1 is 1.38 bits per heavy atom. The molecular weight excluding hydrogens is 222 g/mol. The number of piperazine rings is 1. The molecule has 1 aliphatic heterocycles. The van der Waals surface area contributed by atoms with Crippen LogP contribution in [0.2, 0.25) is 0 Å². The first-order valence-electron chi connectivity index (χ1n) is 5.80. The number of ether oxygens (including phenoxy) is 1. The van der Waals surface area contributed by atoms with Crippen molar-refractivity contribution < 1.29 is 4.74 Å². The minimum atomic E-state index is 0.547. The molecule has 1 aliphatic rings. The number of rotatable bonds is 3. The summed E-state index contributed by atoms with van der Waals surface area (Å²) >= 11 is 5.37. The fraction of sp³-hybridized carbons (Fsp3) is 0.909. The maximum absolute atomic E-state index is 5.37. The minimum absolute atomic E-state index is 0.547. The van der Waals surface area contributed by atoms with Crippen LogP contribution in [0.3, 0.4) is 0 Å². The average molecular weight is 245 g/mol. The van der Waals surface area contributed by atoms with Crippen LogP contribution in [0.1, 0.15) is 13.8 Å². The fourth-order valence-electron chi connectivity index (χ4n) is 1.94. The number of methoxy groups -OCH3 is 1. The van der Waals surface area contributed by atoms with E-state index in [1.54, 1.807) is 7.11 Å². The Bertz CT molecular complexity index is 225. The van der Waals surface area contributed by atoms with E-state index in [-0.39, 0.29) is 0 Å². The van der Waals surface area contributed by atoms with Gasteiger partial charge in [-0.05, 0) is 33.1 Å². The lowest BCUT2D eigenvalue weighted by Crippen LogP contribution is -2.58. The zero-order chi connectivity index (χ0) is 12.1. The van der Waals surface area contributed by atoms with E-state index in [1.807, 2.05) is 0 Å². The molecule has 94 valence electrons. The molecule has 0 amide bonds. The highest BCUT2D eigenvalue weighted by Crippen LogP contribution is 2.13. The van der Waals surface area contributed by atoms with Crippen LogP contribution in [0.25, 0.3) is 0 Å². The molecule has 2 atom stereocenters. The van der Waals surface area contributed by atoms with Crippen molar-refractivity contribution in [1.82, 2.24) is 15.1 Å². The van der Waals surface area contributed by atoms with Crippen molar-refractivity contribution in [3.63, 3.8) is 0 Å². The Morgan fingerprint density at radius 3 is 2.44 bits per heavy atom. The topological polar surface area (TPSA) is 27.7 Å². The smallest absolute Gasteiger partial charge is 0.169 e. The van der Waals surface area contributed by atoms with Gasteiger partial charge in [0.25, 0.3) is 0 Å². The van der Waals surface area contributed by atoms with E-state index in [2.05, 4.69) is 36.0 Å². The van der Waals surface area contributed by atoms with E-state index < -0.39 is 0 Å². The first-order chi connectivity index (χ1) is 7.56. The zero-order valence-corrected chi connectivity index (χ0v) is 11.5. The second-order valence-corrected chi connectivity index (χ2v) is 4.88. The van der Waals surface area contributed by atoms with Crippen LogP contribution >= 0.6 is 12.2 Å². The zero-order valence-electron chi connectivity index (χ0n) is 10.7. The Morgan fingerprint density at radius 2 is 1.94 bits per heavy atom. The van der Waals surface area contributed by atoms with Crippen LogP contribution in [-0.4, -0.2) is 67.4 Å². The van der Waals surface area contributed by atoms with Crippen LogP contribution < -0.4 is 5.32 Å². The van der Waals surface area contributed by atoms with Gasteiger partial charge >= 0.3 is 0 Å². The van der Waals surface area contributed by atoms with Crippen LogP contribution in [0.5, 0.6) is 0 Å². The molecule has 1 heterocycles. The second-order valence-electron chi connectivity index (χ2n) is 4.49. The summed E-state index contributed by atoms with van der Waals surface area (Å²) in [5.74, 6) is 0. The molecule has 0 saturated carbocycles. The normalized spacial score (nSPS) is 26.9. The molecule has 0 aromatic rings. The molecule has 0 spiro atoms. The molecule has 1 fully saturated rings. The molecule has 1 saturated heterocycles. The third-order valence-corrected chi connectivity index (χ3v) is 3.63. The molecule has 16 heavy (non-hydrogen) atoms. The largest absolute Gasteiger partial charge is 0.383 e. The SMILES string of the molecule is COCCNC(=S)N1CC(C)N(C)C(C)C1. The van der Waals surface area contributed by atoms with Gasteiger partial charge in [0.15, 0.2) is 5.11 Å². The van der Waals surface area contributed by atoms with Gasteiger partial charge < -0.3 is 15.0 Å². The standard InChI is InChI=1S/C11H23N3OS/c1-9-7-14(8-10(2)13(9)3)11(16)12-5-6-15-4/h9-10H,5-8H2,1-4H3,(H,12,16). The summed E-state index contributed by atoms with van der Waals surface area (Å²) in [5, 5.41) is 4.07. The lowest BCUT2D eigenvalue weighted by molar-refractivity contribution is 0.0979. The van der Waals surface area contributed by atoms with E-state index in [9.17, 15) is 0 Å². The average Bonchev–Trinajstić information content (AvgIpc) is 2.25. The molecule has 0 aromatic carbocycles. The van der Waals surface area contributed by atoms with Gasteiger partial charge in [-0.3, -0.25) is 4.90 Å². The van der Waals surface area contributed by atoms with Crippen molar-refractivity contribution in [3.8, 4) is 0 Å². The van der Waals surface area contributed by atoms with E-state index in [1.165, 1.54) is 0 Å². The van der Waals surface area contributed by atoms with E-state index in [0.29, 0.717) is 18.7 Å². The first kappa shape index (κ1) is 13.7. The molecule has 4 nitrogen and oxygen atoms in total. The van der Waals surface area contributed by atoms with E-state index >= 15 is 0 Å². The van der Waals surface area contributed by atoms with Crippen LogP contribution in [0.4, 0.5) is 0 Å². The summed E-state index contributed by atoms with van der Waals surface area (Å²) in [5.41, 5.74) is 0. The Balaban J connectivity index is 2.39. The summed E-state index contributed by atoms with van der Waals surface area (Å²) in [6, 6.07) is 1.09. The Hall–Kier alpha value is -0.390. The van der Waals surface area contributed by atoms with Crippen molar-refractivity contribution in [2.75, 3.05) is 40.4 Å². The minimum Gasteiger partial charge on any atom is -0.383 e. The number of likely N-dealkylation sites (N-methyl/N-ethyl adjacent to an activating group) is 1. The van der Waals surface area contributed by atoms with E-state index in [0.717, 1.165) is 24.7 Å². The van der Waals surface area contributed by atoms with Gasteiger partial charge in [-0.15, -0.1) is 0 Å². The lowest BCUT2D eigenvalue weighted by Gasteiger charge is -2.43. The third kappa shape index (κ3) is 3.57. The molecule has 2 unspecified atom stereocenters. The summed E-state index contributed by atoms with van der Waals surface area (Å²) in [7, 11) is 3.87. The first-order valence-corrected chi connectivity index (χ1v) is 6.20. The van der Waals surface area contributed by atoms with E-state index in [4.69, 9.17) is 17.0 Å². The van der Waals surface area contributed by atoms with Crippen molar-refractivity contribution in [1.29, 1.82) is 0 Å². The number of hydrogen-bond acceptors (Lipinski definition) is 3. The predicted octanol–water partition coefficient (Wildman–Crippen LogP) is 0.532. The highest BCUT2D eigenvalue weighted by atomic mass is 32.1. The highest BCUT2D eigenvalue weighted by molar-refractivity contribution is 7.80. The van der Waals surface area contributed by atoms with Gasteiger partial charge in [0, 0.05) is 38.8 Å². The maximum Gasteiger partial charge on any atom is 0.169 e. The number of hydrogen-bond donors (Lipinski definition) is 1. The van der Waals surface area contributed by atoms with Gasteiger partial charge in [-0.25, -0.2) is 0 Å². The summed E-state index contributed by atoms with van der Waals surface area (Å²) in [6.07, 6.45) is 0. The van der Waals surface area contributed by atoms with Gasteiger partial charge in [-0.1, -0.05) is 0 Å².